The molecule has 2 heterocycles. The fourth-order valence-electron chi connectivity index (χ4n) is 3.87. The third-order valence-corrected chi connectivity index (χ3v) is 6.02. The van der Waals surface area contributed by atoms with E-state index in [2.05, 4.69) is 9.97 Å². The molecule has 0 saturated carbocycles. The van der Waals surface area contributed by atoms with Crippen LogP contribution in [0.5, 0.6) is 11.6 Å². The fourth-order valence-corrected chi connectivity index (χ4v) is 4.19. The third-order valence-electron chi connectivity index (χ3n) is 5.61. The number of nitrogens with zero attached hydrogens (tertiary/aromatic N) is 2. The molecule has 0 fully saturated rings. The maximum absolute atomic E-state index is 11.3. The summed E-state index contributed by atoms with van der Waals surface area (Å²) >= 11 is 6.87. The van der Waals surface area contributed by atoms with Gasteiger partial charge in [-0.25, -0.2) is 4.98 Å². The van der Waals surface area contributed by atoms with Gasteiger partial charge in [-0.3, -0.25) is 14.6 Å². The molecule has 34 heavy (non-hydrogen) atoms. The highest BCUT2D eigenvalue weighted by Gasteiger charge is 2.17. The Morgan fingerprint density at radius 3 is 2.29 bits per heavy atom. The van der Waals surface area contributed by atoms with Crippen LogP contribution >= 0.6 is 11.6 Å². The number of aromatic nitrogens is 2. The van der Waals surface area contributed by atoms with Crippen molar-refractivity contribution in [2.75, 3.05) is 14.2 Å². The van der Waals surface area contributed by atoms with Crippen LogP contribution in [-0.4, -0.2) is 36.8 Å². The molecule has 0 saturated heterocycles. The highest BCUT2D eigenvalue weighted by Crippen LogP contribution is 2.39. The van der Waals surface area contributed by atoms with E-state index in [4.69, 9.17) is 21.1 Å². The summed E-state index contributed by atoms with van der Waals surface area (Å²) in [5, 5.41) is 0.519. The number of carbonyl (C=O) groups is 2. The zero-order valence-corrected chi connectivity index (χ0v) is 19.6. The van der Waals surface area contributed by atoms with Crippen molar-refractivity contribution in [2.24, 2.45) is 0 Å². The van der Waals surface area contributed by atoms with Gasteiger partial charge in [0.1, 0.15) is 5.75 Å². The highest BCUT2D eigenvalue weighted by atomic mass is 35.5. The topological polar surface area (TPSA) is 78.4 Å². The number of rotatable bonds is 7. The number of methoxy groups -OCH3 is 2. The Bertz CT molecular complexity index is 1290. The molecule has 2 aromatic carbocycles. The van der Waals surface area contributed by atoms with Crippen LogP contribution < -0.4 is 9.47 Å². The van der Waals surface area contributed by atoms with Crippen LogP contribution in [0.2, 0.25) is 5.02 Å². The number of hydrogen-bond donors (Lipinski definition) is 0. The zero-order chi connectivity index (χ0) is 24.2. The quantitative estimate of drug-likeness (QED) is 0.303. The summed E-state index contributed by atoms with van der Waals surface area (Å²) in [6.07, 6.45) is 3.18. The second-order valence-electron chi connectivity index (χ2n) is 7.49. The molecule has 170 valence electrons. The molecule has 0 aliphatic carbocycles. The summed E-state index contributed by atoms with van der Waals surface area (Å²) < 4.78 is 10.6. The van der Waals surface area contributed by atoms with Crippen molar-refractivity contribution in [2.45, 2.75) is 6.92 Å². The predicted octanol–water partition coefficient (Wildman–Crippen LogP) is 6.08. The van der Waals surface area contributed by atoms with E-state index in [1.807, 2.05) is 37.3 Å². The number of halogens is 1. The molecule has 0 amide bonds. The number of carbonyl (C=O) groups excluding carboxylic acids is 2. The summed E-state index contributed by atoms with van der Waals surface area (Å²) in [6, 6.07) is 16.4. The highest BCUT2D eigenvalue weighted by molar-refractivity contribution is 6.36. The molecule has 4 aromatic rings. The van der Waals surface area contributed by atoms with Crippen molar-refractivity contribution in [1.82, 2.24) is 9.97 Å². The average molecular weight is 473 g/mol. The SMILES string of the molecule is COc1cc(-c2nccc(-c3cccc(-c4ccc(C=O)c(OC)n4)c3Cl)c2C)ccc1C=O. The largest absolute Gasteiger partial charge is 0.496 e. The average Bonchev–Trinajstić information content (AvgIpc) is 2.88. The fraction of sp³-hybridized carbons (Fsp3) is 0.111. The summed E-state index contributed by atoms with van der Waals surface area (Å²) in [6.45, 7) is 1.97. The summed E-state index contributed by atoms with van der Waals surface area (Å²) in [5.74, 6) is 0.724. The van der Waals surface area contributed by atoms with Crippen molar-refractivity contribution in [3.63, 3.8) is 0 Å². The Kier molecular flexibility index (Phi) is 6.70. The lowest BCUT2D eigenvalue weighted by molar-refractivity contribution is 0.111. The summed E-state index contributed by atoms with van der Waals surface area (Å²) in [7, 11) is 2.99. The molecule has 0 atom stereocenters. The van der Waals surface area contributed by atoms with Crippen LogP contribution in [-0.2, 0) is 0 Å². The van der Waals surface area contributed by atoms with E-state index in [1.54, 1.807) is 30.5 Å². The van der Waals surface area contributed by atoms with Crippen LogP contribution in [0.25, 0.3) is 33.6 Å². The van der Waals surface area contributed by atoms with E-state index in [0.29, 0.717) is 39.4 Å². The van der Waals surface area contributed by atoms with Gasteiger partial charge >= 0.3 is 0 Å². The predicted molar refractivity (Wildman–Crippen MR) is 132 cm³/mol. The van der Waals surface area contributed by atoms with Crippen LogP contribution in [0.3, 0.4) is 0 Å². The Morgan fingerprint density at radius 2 is 1.59 bits per heavy atom. The van der Waals surface area contributed by atoms with Gasteiger partial charge in [-0.15, -0.1) is 0 Å². The first-order valence-electron chi connectivity index (χ1n) is 10.4. The van der Waals surface area contributed by atoms with Crippen LogP contribution in [0, 0.1) is 6.92 Å². The molecule has 0 aliphatic rings. The normalized spacial score (nSPS) is 10.6. The third kappa shape index (κ3) is 4.16. The van der Waals surface area contributed by atoms with Crippen LogP contribution in [0.4, 0.5) is 0 Å². The molecule has 0 unspecified atom stereocenters. The van der Waals surface area contributed by atoms with Crippen molar-refractivity contribution < 1.29 is 19.1 Å². The van der Waals surface area contributed by atoms with Crippen LogP contribution in [0.15, 0.2) is 60.8 Å². The van der Waals surface area contributed by atoms with E-state index in [1.165, 1.54) is 14.2 Å². The van der Waals surface area contributed by atoms with Gasteiger partial charge in [-0.1, -0.05) is 35.9 Å². The van der Waals surface area contributed by atoms with Gasteiger partial charge in [0.2, 0.25) is 5.88 Å². The maximum atomic E-state index is 11.3. The maximum Gasteiger partial charge on any atom is 0.224 e. The molecule has 0 bridgehead atoms. The van der Waals surface area contributed by atoms with Gasteiger partial charge < -0.3 is 9.47 Å². The van der Waals surface area contributed by atoms with E-state index >= 15 is 0 Å². The molecule has 7 heteroatoms. The standard InChI is InChI=1S/C27H21ClN2O4/c1-16-20(11-12-29-26(16)17-7-8-18(14-31)24(13-17)33-2)21-5-4-6-22(25(21)28)23-10-9-19(15-32)27(30-23)34-3/h4-15H,1-3H3. The van der Waals surface area contributed by atoms with Crippen molar-refractivity contribution in [3.05, 3.63) is 82.5 Å². The minimum absolute atomic E-state index is 0.240. The lowest BCUT2D eigenvalue weighted by atomic mass is 9.95. The number of aldehydes is 2. The number of hydrogen-bond acceptors (Lipinski definition) is 6. The number of pyridine rings is 2. The van der Waals surface area contributed by atoms with Crippen LogP contribution in [0.1, 0.15) is 26.3 Å². The second kappa shape index (κ2) is 9.85. The Labute approximate surface area is 202 Å². The first-order valence-corrected chi connectivity index (χ1v) is 10.8. The number of benzene rings is 2. The Hall–Kier alpha value is -4.03. The van der Waals surface area contributed by atoms with Gasteiger partial charge in [0.05, 0.1) is 41.8 Å². The minimum Gasteiger partial charge on any atom is -0.496 e. The molecule has 6 nitrogen and oxygen atoms in total. The molecule has 0 aliphatic heterocycles. The Balaban J connectivity index is 1.83. The van der Waals surface area contributed by atoms with Crippen molar-refractivity contribution in [1.29, 1.82) is 0 Å². The lowest BCUT2D eigenvalue weighted by Gasteiger charge is -2.15. The van der Waals surface area contributed by atoms with Gasteiger partial charge in [-0.2, -0.15) is 0 Å². The van der Waals surface area contributed by atoms with Gasteiger partial charge in [0.15, 0.2) is 12.6 Å². The molecule has 4 rings (SSSR count). The van der Waals surface area contributed by atoms with E-state index in [9.17, 15) is 9.59 Å². The van der Waals surface area contributed by atoms with Gasteiger partial charge in [0.25, 0.3) is 0 Å². The molecule has 0 radical (unpaired) electrons. The van der Waals surface area contributed by atoms with E-state index < -0.39 is 0 Å². The molecule has 0 spiro atoms. The second-order valence-corrected chi connectivity index (χ2v) is 7.86. The first-order chi connectivity index (χ1) is 16.5. The molecule has 2 aromatic heterocycles. The minimum atomic E-state index is 0.240. The Morgan fingerprint density at radius 1 is 0.853 bits per heavy atom. The van der Waals surface area contributed by atoms with E-state index in [-0.39, 0.29) is 5.88 Å². The van der Waals surface area contributed by atoms with Gasteiger partial charge in [-0.05, 0) is 48.4 Å². The molecular formula is C27H21ClN2O4. The van der Waals surface area contributed by atoms with E-state index in [0.717, 1.165) is 34.2 Å². The monoisotopic (exact) mass is 472 g/mol. The number of ether oxygens (including phenoxy) is 2. The molecule has 0 N–H and O–H groups in total. The molecular weight excluding hydrogens is 452 g/mol. The first kappa shape index (κ1) is 23.1. The lowest BCUT2D eigenvalue weighted by Crippen LogP contribution is -1.97. The van der Waals surface area contributed by atoms with Crippen molar-refractivity contribution >= 4 is 24.2 Å². The summed E-state index contributed by atoms with van der Waals surface area (Å²) in [4.78, 5) is 31.5. The summed E-state index contributed by atoms with van der Waals surface area (Å²) in [5.41, 5.74) is 6.37. The zero-order valence-electron chi connectivity index (χ0n) is 18.8. The van der Waals surface area contributed by atoms with Gasteiger partial charge in [0, 0.05) is 22.9 Å². The smallest absolute Gasteiger partial charge is 0.224 e. The van der Waals surface area contributed by atoms with Crippen molar-refractivity contribution in [3.8, 4) is 45.3 Å².